The molecule has 1 N–H and O–H groups in total. The minimum absolute atomic E-state index is 0.0275. The van der Waals surface area contributed by atoms with Gasteiger partial charge in [-0.15, -0.1) is 0 Å². The molecule has 0 heterocycles. The summed E-state index contributed by atoms with van der Waals surface area (Å²) in [6.07, 6.45) is 0. The van der Waals surface area contributed by atoms with E-state index in [-0.39, 0.29) is 20.6 Å². The topological polar surface area (TPSA) is 55.4 Å². The minimum atomic E-state index is -0.842. The van der Waals surface area contributed by atoms with E-state index in [9.17, 15) is 9.59 Å². The Morgan fingerprint density at radius 2 is 1.67 bits per heavy atom. The maximum Gasteiger partial charge on any atom is 0.341 e. The minimum Gasteiger partial charge on any atom is -0.452 e. The number of nitrogens with one attached hydrogen (secondary N) is 1. The van der Waals surface area contributed by atoms with Crippen molar-refractivity contribution in [2.24, 2.45) is 0 Å². The number of rotatable bonds is 4. The first-order valence-electron chi connectivity index (χ1n) is 6.67. The Morgan fingerprint density at radius 3 is 2.38 bits per heavy atom. The Hall–Kier alpha value is -1.46. The number of carbonyl (C=O) groups is 2. The fourth-order valence-electron chi connectivity index (χ4n) is 1.85. The van der Waals surface area contributed by atoms with Crippen LogP contribution in [0.5, 0.6) is 0 Å². The predicted octanol–water partition coefficient (Wildman–Crippen LogP) is 5.40. The van der Waals surface area contributed by atoms with E-state index in [0.29, 0.717) is 16.3 Å². The molecule has 2 rings (SSSR count). The van der Waals surface area contributed by atoms with Crippen LogP contribution in [0.25, 0.3) is 0 Å². The standard InChI is InChI=1S/C16H11Cl4NO3/c1-8-9(17)3-2-4-12(8)21-13(22)7-24-16(23)14-10(18)5-6-11(19)15(14)20/h2-6H,7H2,1H3,(H,21,22). The first-order chi connectivity index (χ1) is 11.3. The number of anilines is 1. The molecule has 0 saturated carbocycles. The fourth-order valence-corrected chi connectivity index (χ4v) is 2.70. The van der Waals surface area contributed by atoms with Gasteiger partial charge >= 0.3 is 5.97 Å². The lowest BCUT2D eigenvalue weighted by atomic mass is 10.2. The van der Waals surface area contributed by atoms with Crippen LogP contribution in [-0.4, -0.2) is 18.5 Å². The molecule has 2 aromatic carbocycles. The van der Waals surface area contributed by atoms with Crippen LogP contribution in [0.15, 0.2) is 30.3 Å². The molecule has 24 heavy (non-hydrogen) atoms. The lowest BCUT2D eigenvalue weighted by molar-refractivity contribution is -0.119. The van der Waals surface area contributed by atoms with E-state index in [0.717, 1.165) is 0 Å². The van der Waals surface area contributed by atoms with Crippen LogP contribution >= 0.6 is 46.4 Å². The number of ether oxygens (including phenoxy) is 1. The van der Waals surface area contributed by atoms with Gasteiger partial charge in [0.1, 0.15) is 0 Å². The molecular formula is C16H11Cl4NO3. The summed E-state index contributed by atoms with van der Waals surface area (Å²) in [4.78, 5) is 24.0. The van der Waals surface area contributed by atoms with E-state index in [4.69, 9.17) is 51.1 Å². The van der Waals surface area contributed by atoms with Gasteiger partial charge in [-0.05, 0) is 36.8 Å². The van der Waals surface area contributed by atoms with Crippen molar-refractivity contribution in [3.8, 4) is 0 Å². The molecule has 1 amide bonds. The molecule has 0 spiro atoms. The van der Waals surface area contributed by atoms with Crippen molar-refractivity contribution >= 4 is 64.0 Å². The van der Waals surface area contributed by atoms with Gasteiger partial charge in [-0.3, -0.25) is 4.79 Å². The number of esters is 1. The van der Waals surface area contributed by atoms with E-state index in [1.54, 1.807) is 25.1 Å². The van der Waals surface area contributed by atoms with Crippen LogP contribution < -0.4 is 5.32 Å². The maximum absolute atomic E-state index is 12.1. The average molecular weight is 407 g/mol. The molecule has 0 fully saturated rings. The van der Waals surface area contributed by atoms with Gasteiger partial charge in [-0.1, -0.05) is 52.5 Å². The van der Waals surface area contributed by atoms with E-state index >= 15 is 0 Å². The average Bonchev–Trinajstić information content (AvgIpc) is 2.54. The highest BCUT2D eigenvalue weighted by Gasteiger charge is 2.20. The highest BCUT2D eigenvalue weighted by molar-refractivity contribution is 6.46. The second-order valence-corrected chi connectivity index (χ2v) is 6.35. The smallest absolute Gasteiger partial charge is 0.341 e. The summed E-state index contributed by atoms with van der Waals surface area (Å²) in [5.74, 6) is -1.37. The quantitative estimate of drug-likeness (QED) is 0.545. The fraction of sp³-hybridized carbons (Fsp3) is 0.125. The molecule has 0 saturated heterocycles. The van der Waals surface area contributed by atoms with Gasteiger partial charge in [-0.25, -0.2) is 4.79 Å². The molecule has 0 bridgehead atoms. The van der Waals surface area contributed by atoms with Gasteiger partial charge in [0, 0.05) is 10.7 Å². The number of halogens is 4. The maximum atomic E-state index is 12.1. The van der Waals surface area contributed by atoms with Crippen LogP contribution in [0.3, 0.4) is 0 Å². The van der Waals surface area contributed by atoms with Crippen molar-refractivity contribution in [2.75, 3.05) is 11.9 Å². The SMILES string of the molecule is Cc1c(Cl)cccc1NC(=O)COC(=O)c1c(Cl)ccc(Cl)c1Cl. The summed E-state index contributed by atoms with van der Waals surface area (Å²) in [6.45, 7) is 1.25. The third-order valence-corrected chi connectivity index (χ3v) is 4.65. The van der Waals surface area contributed by atoms with Gasteiger partial charge in [0.25, 0.3) is 5.91 Å². The highest BCUT2D eigenvalue weighted by Crippen LogP contribution is 2.31. The van der Waals surface area contributed by atoms with Crippen molar-refractivity contribution in [1.82, 2.24) is 0 Å². The molecule has 126 valence electrons. The zero-order valence-electron chi connectivity index (χ0n) is 12.3. The second-order valence-electron chi connectivity index (χ2n) is 4.75. The van der Waals surface area contributed by atoms with Crippen molar-refractivity contribution in [2.45, 2.75) is 6.92 Å². The van der Waals surface area contributed by atoms with E-state index in [1.165, 1.54) is 12.1 Å². The number of benzene rings is 2. The number of carbonyl (C=O) groups excluding carboxylic acids is 2. The molecule has 0 aliphatic carbocycles. The Balaban J connectivity index is 2.03. The summed E-state index contributed by atoms with van der Waals surface area (Å²) in [5, 5.41) is 3.34. The normalized spacial score (nSPS) is 10.4. The molecule has 0 aliphatic rings. The van der Waals surface area contributed by atoms with Crippen LogP contribution in [-0.2, 0) is 9.53 Å². The summed E-state index contributed by atoms with van der Waals surface area (Å²) >= 11 is 23.7. The molecule has 4 nitrogen and oxygen atoms in total. The molecule has 0 atom stereocenters. The van der Waals surface area contributed by atoms with Crippen molar-refractivity contribution in [1.29, 1.82) is 0 Å². The number of hydrogen-bond donors (Lipinski definition) is 1. The highest BCUT2D eigenvalue weighted by atomic mass is 35.5. The van der Waals surface area contributed by atoms with Crippen molar-refractivity contribution in [3.63, 3.8) is 0 Å². The Morgan fingerprint density at radius 1 is 1.00 bits per heavy atom. The van der Waals surface area contributed by atoms with Gasteiger partial charge in [-0.2, -0.15) is 0 Å². The lowest BCUT2D eigenvalue weighted by Crippen LogP contribution is -2.21. The number of hydrogen-bond acceptors (Lipinski definition) is 3. The van der Waals surface area contributed by atoms with E-state index in [2.05, 4.69) is 5.32 Å². The van der Waals surface area contributed by atoms with Crippen LogP contribution in [0, 0.1) is 6.92 Å². The molecule has 2 aromatic rings. The molecule has 0 radical (unpaired) electrons. The molecule has 0 unspecified atom stereocenters. The summed E-state index contributed by atoms with van der Waals surface area (Å²) in [7, 11) is 0. The Labute approximate surface area is 158 Å². The Kier molecular flexibility index (Phi) is 6.35. The van der Waals surface area contributed by atoms with Gasteiger partial charge in [0.2, 0.25) is 0 Å². The van der Waals surface area contributed by atoms with E-state index in [1.807, 2.05) is 0 Å². The van der Waals surface area contributed by atoms with Gasteiger partial charge in [0.05, 0.1) is 20.6 Å². The van der Waals surface area contributed by atoms with Gasteiger partial charge in [0.15, 0.2) is 6.61 Å². The zero-order chi connectivity index (χ0) is 17.9. The molecular weight excluding hydrogens is 396 g/mol. The third-order valence-electron chi connectivity index (χ3n) is 3.12. The largest absolute Gasteiger partial charge is 0.452 e. The van der Waals surface area contributed by atoms with Crippen LogP contribution in [0.4, 0.5) is 5.69 Å². The third kappa shape index (κ3) is 4.33. The predicted molar refractivity (Wildman–Crippen MR) is 96.6 cm³/mol. The summed E-state index contributed by atoms with van der Waals surface area (Å²) < 4.78 is 4.94. The van der Waals surface area contributed by atoms with Crippen molar-refractivity contribution < 1.29 is 14.3 Å². The van der Waals surface area contributed by atoms with Gasteiger partial charge < -0.3 is 10.1 Å². The van der Waals surface area contributed by atoms with Crippen LogP contribution in [0.2, 0.25) is 20.1 Å². The number of amides is 1. The Bertz CT molecular complexity index is 808. The van der Waals surface area contributed by atoms with Crippen molar-refractivity contribution in [3.05, 3.63) is 61.5 Å². The molecule has 0 aromatic heterocycles. The monoisotopic (exact) mass is 405 g/mol. The lowest BCUT2D eigenvalue weighted by Gasteiger charge is -2.11. The summed E-state index contributed by atoms with van der Waals surface area (Å²) in [6, 6.07) is 7.96. The first-order valence-corrected chi connectivity index (χ1v) is 8.18. The van der Waals surface area contributed by atoms with E-state index < -0.39 is 18.5 Å². The first kappa shape index (κ1) is 18.9. The summed E-state index contributed by atoms with van der Waals surface area (Å²) in [5.41, 5.74) is 1.15. The second kappa shape index (κ2) is 8.08. The van der Waals surface area contributed by atoms with Crippen LogP contribution in [0.1, 0.15) is 15.9 Å². The zero-order valence-corrected chi connectivity index (χ0v) is 15.4. The molecule has 0 aliphatic heterocycles. The molecule has 8 heteroatoms.